The predicted molar refractivity (Wildman–Crippen MR) is 70.5 cm³/mol. The van der Waals surface area contributed by atoms with E-state index in [1.165, 1.54) is 0 Å². The molecule has 1 aromatic rings. The number of nitrogens with two attached hydrogens (primary N) is 2. The molecular weight excluding hydrogens is 254 g/mol. The van der Waals surface area contributed by atoms with Crippen LogP contribution in [0.15, 0.2) is 18.2 Å². The van der Waals surface area contributed by atoms with Gasteiger partial charge in [-0.05, 0) is 37.1 Å². The lowest BCUT2D eigenvalue weighted by molar-refractivity contribution is 0.0953. The Morgan fingerprint density at radius 2 is 2.06 bits per heavy atom. The first kappa shape index (κ1) is 14.5. The fourth-order valence-electron chi connectivity index (χ4n) is 1.51. The Labute approximate surface area is 106 Å². The summed E-state index contributed by atoms with van der Waals surface area (Å²) in [5.74, 6) is -0.393. The molecule has 1 rings (SSSR count). The van der Waals surface area contributed by atoms with Gasteiger partial charge in [-0.15, -0.1) is 0 Å². The maximum atomic E-state index is 11.8. The van der Waals surface area contributed by atoms with E-state index in [9.17, 15) is 13.2 Å². The number of nitrogen functional groups attached to an aromatic ring is 1. The van der Waals surface area contributed by atoms with Crippen LogP contribution < -0.4 is 16.2 Å². The molecule has 1 aromatic carbocycles. The lowest BCUT2D eigenvalue weighted by Crippen LogP contribution is -2.27. The Morgan fingerprint density at radius 1 is 1.39 bits per heavy atom. The Morgan fingerprint density at radius 3 is 2.61 bits per heavy atom. The molecule has 1 amide bonds. The zero-order valence-corrected chi connectivity index (χ0v) is 11.0. The zero-order valence-electron chi connectivity index (χ0n) is 10.1. The van der Waals surface area contributed by atoms with E-state index in [0.717, 1.165) is 5.56 Å². The molecule has 100 valence electrons. The summed E-state index contributed by atoms with van der Waals surface area (Å²) in [6.45, 7) is 2.05. The number of carbonyl (C=O) groups is 1. The maximum absolute atomic E-state index is 11.8. The lowest BCUT2D eigenvalue weighted by atomic mass is 10.1. The van der Waals surface area contributed by atoms with Crippen molar-refractivity contribution in [2.45, 2.75) is 13.3 Å². The van der Waals surface area contributed by atoms with Crippen molar-refractivity contribution in [3.63, 3.8) is 0 Å². The molecule has 0 saturated carbocycles. The third-order valence-electron chi connectivity index (χ3n) is 2.39. The summed E-state index contributed by atoms with van der Waals surface area (Å²) in [4.78, 5) is 11.8. The highest BCUT2D eigenvalue weighted by atomic mass is 32.2. The van der Waals surface area contributed by atoms with Gasteiger partial charge < -0.3 is 11.1 Å². The second kappa shape index (κ2) is 5.83. The molecule has 0 bridgehead atoms. The number of amides is 1. The molecule has 0 fully saturated rings. The smallest absolute Gasteiger partial charge is 0.251 e. The molecule has 0 aliphatic heterocycles. The number of carbonyl (C=O) groups excluding carboxylic acids is 1. The van der Waals surface area contributed by atoms with Crippen LogP contribution in [0.3, 0.4) is 0 Å². The van der Waals surface area contributed by atoms with E-state index >= 15 is 0 Å². The summed E-state index contributed by atoms with van der Waals surface area (Å²) < 4.78 is 21.4. The minimum Gasteiger partial charge on any atom is -0.399 e. The molecule has 0 unspecified atom stereocenters. The highest BCUT2D eigenvalue weighted by molar-refractivity contribution is 7.89. The third kappa shape index (κ3) is 4.72. The van der Waals surface area contributed by atoms with Crippen LogP contribution in [-0.2, 0) is 10.0 Å². The van der Waals surface area contributed by atoms with Crippen molar-refractivity contribution in [3.05, 3.63) is 29.3 Å². The Bertz CT molecular complexity index is 540. The Hall–Kier alpha value is -1.60. The number of anilines is 1. The van der Waals surface area contributed by atoms with Crippen molar-refractivity contribution in [1.82, 2.24) is 5.32 Å². The van der Waals surface area contributed by atoms with Gasteiger partial charge in [0.1, 0.15) is 0 Å². The summed E-state index contributed by atoms with van der Waals surface area (Å²) >= 11 is 0. The quantitative estimate of drug-likeness (QED) is 0.515. The van der Waals surface area contributed by atoms with E-state index in [2.05, 4.69) is 5.32 Å². The minimum atomic E-state index is -3.47. The molecule has 0 atom stereocenters. The largest absolute Gasteiger partial charge is 0.399 e. The molecule has 0 aromatic heterocycles. The van der Waals surface area contributed by atoms with E-state index in [1.807, 2.05) is 0 Å². The first-order valence-corrected chi connectivity index (χ1v) is 7.16. The van der Waals surface area contributed by atoms with E-state index in [4.69, 9.17) is 10.9 Å². The van der Waals surface area contributed by atoms with Crippen LogP contribution in [0, 0.1) is 6.92 Å². The molecule has 0 radical (unpaired) electrons. The topological polar surface area (TPSA) is 115 Å². The number of hydrogen-bond acceptors (Lipinski definition) is 4. The summed E-state index contributed by atoms with van der Waals surface area (Å²) in [5, 5.41) is 7.48. The van der Waals surface area contributed by atoms with Gasteiger partial charge in [0.05, 0.1) is 5.75 Å². The van der Waals surface area contributed by atoms with Crippen LogP contribution in [0.4, 0.5) is 5.69 Å². The van der Waals surface area contributed by atoms with Crippen molar-refractivity contribution in [2.75, 3.05) is 18.0 Å². The van der Waals surface area contributed by atoms with Crippen molar-refractivity contribution >= 4 is 21.6 Å². The number of aryl methyl sites for hydroxylation is 1. The summed E-state index contributed by atoms with van der Waals surface area (Å²) in [7, 11) is -3.47. The van der Waals surface area contributed by atoms with E-state index < -0.39 is 10.0 Å². The second-order valence-electron chi connectivity index (χ2n) is 4.05. The third-order valence-corrected chi connectivity index (χ3v) is 3.24. The van der Waals surface area contributed by atoms with Crippen LogP contribution >= 0.6 is 0 Å². The normalized spacial score (nSPS) is 11.2. The first-order valence-electron chi connectivity index (χ1n) is 5.44. The monoisotopic (exact) mass is 271 g/mol. The highest BCUT2D eigenvalue weighted by Crippen LogP contribution is 2.12. The van der Waals surface area contributed by atoms with Gasteiger partial charge in [-0.25, -0.2) is 13.6 Å². The molecule has 0 aliphatic rings. The van der Waals surface area contributed by atoms with Gasteiger partial charge in [-0.1, -0.05) is 0 Å². The van der Waals surface area contributed by atoms with Crippen LogP contribution in [0.1, 0.15) is 22.3 Å². The molecule has 7 heteroatoms. The van der Waals surface area contributed by atoms with Gasteiger partial charge in [0.15, 0.2) is 0 Å². The predicted octanol–water partition coefficient (Wildman–Crippen LogP) is -0.0144. The van der Waals surface area contributed by atoms with E-state index in [1.54, 1.807) is 25.1 Å². The van der Waals surface area contributed by atoms with Crippen molar-refractivity contribution in [1.29, 1.82) is 0 Å². The highest BCUT2D eigenvalue weighted by Gasteiger charge is 2.09. The van der Waals surface area contributed by atoms with Crippen molar-refractivity contribution in [3.8, 4) is 0 Å². The van der Waals surface area contributed by atoms with Crippen molar-refractivity contribution < 1.29 is 13.2 Å². The van der Waals surface area contributed by atoms with E-state index in [-0.39, 0.29) is 18.2 Å². The molecule has 18 heavy (non-hydrogen) atoms. The van der Waals surface area contributed by atoms with Gasteiger partial charge in [0.25, 0.3) is 5.91 Å². The Balaban J connectivity index is 2.51. The van der Waals surface area contributed by atoms with Crippen LogP contribution in [-0.4, -0.2) is 26.6 Å². The lowest BCUT2D eigenvalue weighted by Gasteiger charge is -2.07. The molecule has 0 saturated heterocycles. The van der Waals surface area contributed by atoms with Crippen LogP contribution in [0.5, 0.6) is 0 Å². The second-order valence-corrected chi connectivity index (χ2v) is 5.78. The summed E-state index contributed by atoms with van der Waals surface area (Å²) in [6.07, 6.45) is 0.290. The van der Waals surface area contributed by atoms with Gasteiger partial charge >= 0.3 is 0 Å². The van der Waals surface area contributed by atoms with Crippen LogP contribution in [0.2, 0.25) is 0 Å². The standard InChI is InChI=1S/C11H17N3O3S/c1-8-7-9(12)3-4-10(8)11(15)14-5-2-6-18(13,16)17/h3-4,7H,2,5-6,12H2,1H3,(H,14,15)(H2,13,16,17). The number of rotatable bonds is 5. The number of sulfonamides is 1. The minimum absolute atomic E-state index is 0.145. The van der Waals surface area contributed by atoms with Crippen LogP contribution in [0.25, 0.3) is 0 Å². The molecule has 6 nitrogen and oxygen atoms in total. The van der Waals surface area contributed by atoms with Gasteiger partial charge in [0.2, 0.25) is 10.0 Å². The average molecular weight is 271 g/mol. The fourth-order valence-corrected chi connectivity index (χ4v) is 2.06. The Kier molecular flexibility index (Phi) is 4.69. The summed E-state index contributed by atoms with van der Waals surface area (Å²) in [6, 6.07) is 4.99. The van der Waals surface area contributed by atoms with Crippen molar-refractivity contribution in [2.24, 2.45) is 5.14 Å². The molecule has 0 heterocycles. The fraction of sp³-hybridized carbons (Fsp3) is 0.364. The van der Waals surface area contributed by atoms with E-state index in [0.29, 0.717) is 17.7 Å². The van der Waals surface area contributed by atoms with Gasteiger partial charge in [0, 0.05) is 17.8 Å². The number of hydrogen-bond donors (Lipinski definition) is 3. The molecular formula is C11H17N3O3S. The maximum Gasteiger partial charge on any atom is 0.251 e. The molecule has 5 N–H and O–H groups in total. The zero-order chi connectivity index (χ0) is 13.8. The van der Waals surface area contributed by atoms with Gasteiger partial charge in [-0.2, -0.15) is 0 Å². The number of benzene rings is 1. The van der Waals surface area contributed by atoms with Gasteiger partial charge in [-0.3, -0.25) is 4.79 Å². The molecule has 0 spiro atoms. The molecule has 0 aliphatic carbocycles. The first-order chi connectivity index (χ1) is 8.29. The number of primary sulfonamides is 1. The number of nitrogens with one attached hydrogen (secondary N) is 1. The summed E-state index contributed by atoms with van der Waals surface area (Å²) in [5.41, 5.74) is 7.48. The SMILES string of the molecule is Cc1cc(N)ccc1C(=O)NCCCS(N)(=O)=O. The average Bonchev–Trinajstić information content (AvgIpc) is 2.22.